The van der Waals surface area contributed by atoms with Gasteiger partial charge in [-0.15, -0.1) is 0 Å². The number of likely N-dealkylation sites (N-methyl/N-ethyl adjacent to an activating group) is 1. The summed E-state index contributed by atoms with van der Waals surface area (Å²) >= 11 is 0. The molecule has 0 aliphatic rings. The fourth-order valence-corrected chi connectivity index (χ4v) is 3.25. The minimum atomic E-state index is -3.44. The third-order valence-corrected chi connectivity index (χ3v) is 5.04. The molecule has 0 amide bonds. The third-order valence-electron chi connectivity index (χ3n) is 2.97. The Balaban J connectivity index is 3.22. The second-order valence-corrected chi connectivity index (χ2v) is 6.03. The number of nitrogens with two attached hydrogens (primary N) is 1. The van der Waals surface area contributed by atoms with Crippen LogP contribution in [0.2, 0.25) is 0 Å². The van der Waals surface area contributed by atoms with Crippen molar-refractivity contribution in [2.24, 2.45) is 5.73 Å². The predicted octanol–water partition coefficient (Wildman–Crippen LogP) is 1.22. The Bertz CT molecular complexity index is 471. The summed E-state index contributed by atoms with van der Waals surface area (Å²) in [5.74, 6) is 0. The molecule has 0 aliphatic heterocycles. The molecule has 0 bridgehead atoms. The van der Waals surface area contributed by atoms with Gasteiger partial charge in [-0.2, -0.15) is 4.31 Å². The maximum absolute atomic E-state index is 12.4. The van der Waals surface area contributed by atoms with Gasteiger partial charge in [0.2, 0.25) is 10.0 Å². The topological polar surface area (TPSA) is 63.4 Å². The Morgan fingerprint density at radius 1 is 1.35 bits per heavy atom. The van der Waals surface area contributed by atoms with Crippen molar-refractivity contribution in [3.8, 4) is 0 Å². The van der Waals surface area contributed by atoms with Gasteiger partial charge in [0, 0.05) is 19.6 Å². The van der Waals surface area contributed by atoms with Gasteiger partial charge in [0.1, 0.15) is 0 Å². The van der Waals surface area contributed by atoms with Crippen molar-refractivity contribution in [3.05, 3.63) is 29.8 Å². The number of benzene rings is 1. The van der Waals surface area contributed by atoms with Crippen molar-refractivity contribution in [1.82, 2.24) is 4.31 Å². The minimum Gasteiger partial charge on any atom is -0.329 e. The van der Waals surface area contributed by atoms with Gasteiger partial charge in [-0.3, -0.25) is 0 Å². The maximum Gasteiger partial charge on any atom is 0.243 e. The monoisotopic (exact) mass is 256 g/mol. The molecule has 4 nitrogen and oxygen atoms in total. The van der Waals surface area contributed by atoms with E-state index in [1.165, 1.54) is 4.31 Å². The van der Waals surface area contributed by atoms with Crippen LogP contribution in [0.3, 0.4) is 0 Å². The third kappa shape index (κ3) is 2.86. The number of sulfonamides is 1. The van der Waals surface area contributed by atoms with Crippen LogP contribution in [0.25, 0.3) is 0 Å². The number of hydrogen-bond donors (Lipinski definition) is 1. The molecule has 0 unspecified atom stereocenters. The quantitative estimate of drug-likeness (QED) is 0.861. The lowest BCUT2D eigenvalue weighted by Gasteiger charge is -2.24. The fraction of sp³-hybridized carbons (Fsp3) is 0.500. The first-order chi connectivity index (χ1) is 7.95. The molecular weight excluding hydrogens is 236 g/mol. The first-order valence-electron chi connectivity index (χ1n) is 5.71. The molecule has 0 spiro atoms. The van der Waals surface area contributed by atoms with Gasteiger partial charge in [0.25, 0.3) is 0 Å². The van der Waals surface area contributed by atoms with E-state index in [1.807, 2.05) is 19.1 Å². The van der Waals surface area contributed by atoms with E-state index in [1.54, 1.807) is 26.1 Å². The van der Waals surface area contributed by atoms with Gasteiger partial charge in [0.05, 0.1) is 4.90 Å². The molecule has 1 atom stereocenters. The van der Waals surface area contributed by atoms with E-state index in [0.717, 1.165) is 5.56 Å². The molecule has 0 heterocycles. The summed E-state index contributed by atoms with van der Waals surface area (Å²) in [5.41, 5.74) is 6.35. The number of rotatable bonds is 5. The summed E-state index contributed by atoms with van der Waals surface area (Å²) in [6, 6.07) is 6.88. The van der Waals surface area contributed by atoms with Gasteiger partial charge in [-0.25, -0.2) is 8.42 Å². The highest BCUT2D eigenvalue weighted by Gasteiger charge is 2.26. The lowest BCUT2D eigenvalue weighted by molar-refractivity contribution is 0.394. The Labute approximate surface area is 103 Å². The van der Waals surface area contributed by atoms with Crippen LogP contribution in [-0.2, 0) is 16.4 Å². The molecule has 0 saturated carbocycles. The van der Waals surface area contributed by atoms with Crippen LogP contribution in [0.1, 0.15) is 19.4 Å². The Morgan fingerprint density at radius 3 is 2.47 bits per heavy atom. The molecule has 1 aromatic rings. The summed E-state index contributed by atoms with van der Waals surface area (Å²) in [6.07, 6.45) is 0.695. The van der Waals surface area contributed by atoms with Gasteiger partial charge >= 0.3 is 0 Å². The van der Waals surface area contributed by atoms with Crippen molar-refractivity contribution < 1.29 is 8.42 Å². The molecule has 1 aromatic carbocycles. The van der Waals surface area contributed by atoms with Crippen molar-refractivity contribution >= 4 is 10.0 Å². The minimum absolute atomic E-state index is 0.204. The second kappa shape index (κ2) is 5.62. The SMILES string of the molecule is CCc1ccccc1S(=O)(=O)N(C)[C@H](C)CN. The highest BCUT2D eigenvalue weighted by molar-refractivity contribution is 7.89. The largest absolute Gasteiger partial charge is 0.329 e. The number of aryl methyl sites for hydroxylation is 1. The Hall–Kier alpha value is -0.910. The van der Waals surface area contributed by atoms with Gasteiger partial charge < -0.3 is 5.73 Å². The van der Waals surface area contributed by atoms with Gasteiger partial charge in [-0.05, 0) is 25.0 Å². The molecule has 2 N–H and O–H groups in total. The molecule has 0 aromatic heterocycles. The van der Waals surface area contributed by atoms with E-state index in [0.29, 0.717) is 17.9 Å². The smallest absolute Gasteiger partial charge is 0.243 e. The zero-order valence-electron chi connectivity index (χ0n) is 10.6. The lowest BCUT2D eigenvalue weighted by atomic mass is 10.2. The molecule has 0 radical (unpaired) electrons. The van der Waals surface area contributed by atoms with Crippen molar-refractivity contribution in [2.75, 3.05) is 13.6 Å². The molecule has 0 fully saturated rings. The summed E-state index contributed by atoms with van der Waals surface area (Å²) < 4.78 is 26.1. The average molecular weight is 256 g/mol. The van der Waals surface area contributed by atoms with Crippen LogP contribution in [0.5, 0.6) is 0 Å². The maximum atomic E-state index is 12.4. The Morgan fingerprint density at radius 2 is 1.94 bits per heavy atom. The van der Waals surface area contributed by atoms with E-state index >= 15 is 0 Å². The van der Waals surface area contributed by atoms with Crippen molar-refractivity contribution in [3.63, 3.8) is 0 Å². The summed E-state index contributed by atoms with van der Waals surface area (Å²) in [5, 5.41) is 0. The first-order valence-corrected chi connectivity index (χ1v) is 7.15. The van der Waals surface area contributed by atoms with E-state index in [4.69, 9.17) is 5.73 Å². The van der Waals surface area contributed by atoms with Crippen LogP contribution in [0, 0.1) is 0 Å². The van der Waals surface area contributed by atoms with Crippen LogP contribution >= 0.6 is 0 Å². The molecule has 0 aliphatic carbocycles. The van der Waals surface area contributed by atoms with Crippen LogP contribution in [-0.4, -0.2) is 32.4 Å². The average Bonchev–Trinajstić information content (AvgIpc) is 2.36. The summed E-state index contributed by atoms with van der Waals surface area (Å²) in [4.78, 5) is 0.380. The van der Waals surface area contributed by atoms with E-state index < -0.39 is 10.0 Å². The zero-order chi connectivity index (χ0) is 13.1. The van der Waals surface area contributed by atoms with Gasteiger partial charge in [0.15, 0.2) is 0 Å². The predicted molar refractivity (Wildman–Crippen MR) is 69.3 cm³/mol. The fourth-order valence-electron chi connectivity index (χ4n) is 1.59. The summed E-state index contributed by atoms with van der Waals surface area (Å²) in [7, 11) is -1.87. The van der Waals surface area contributed by atoms with Crippen molar-refractivity contribution in [2.45, 2.75) is 31.2 Å². The molecule has 1 rings (SSSR count). The molecule has 0 saturated heterocycles. The Kier molecular flexibility index (Phi) is 4.68. The van der Waals surface area contributed by atoms with Crippen molar-refractivity contribution in [1.29, 1.82) is 0 Å². The second-order valence-electron chi connectivity index (χ2n) is 4.07. The van der Waals surface area contributed by atoms with Gasteiger partial charge in [-0.1, -0.05) is 25.1 Å². The first kappa shape index (κ1) is 14.2. The normalized spacial score (nSPS) is 13.9. The highest BCUT2D eigenvalue weighted by Crippen LogP contribution is 2.20. The van der Waals surface area contributed by atoms with E-state index in [9.17, 15) is 8.42 Å². The molecular formula is C12H20N2O2S. The molecule has 5 heteroatoms. The number of nitrogens with zero attached hydrogens (tertiary/aromatic N) is 1. The highest BCUT2D eigenvalue weighted by atomic mass is 32.2. The zero-order valence-corrected chi connectivity index (χ0v) is 11.4. The van der Waals surface area contributed by atoms with Crippen LogP contribution in [0.4, 0.5) is 0 Å². The standard InChI is InChI=1S/C12H20N2O2S/c1-4-11-7-5-6-8-12(11)17(15,16)14(3)10(2)9-13/h5-8,10H,4,9,13H2,1-3H3/t10-/m1/s1. The summed E-state index contributed by atoms with van der Waals surface area (Å²) in [6.45, 7) is 4.05. The van der Waals surface area contributed by atoms with E-state index in [-0.39, 0.29) is 6.04 Å². The molecule has 96 valence electrons. The molecule has 17 heavy (non-hydrogen) atoms. The van der Waals surface area contributed by atoms with E-state index in [2.05, 4.69) is 0 Å². The lowest BCUT2D eigenvalue weighted by Crippen LogP contribution is -2.39. The van der Waals surface area contributed by atoms with Crippen LogP contribution in [0.15, 0.2) is 29.2 Å². The number of hydrogen-bond acceptors (Lipinski definition) is 3. The van der Waals surface area contributed by atoms with Crippen LogP contribution < -0.4 is 5.73 Å².